The number of hydrogen-bond donors (Lipinski definition) is 0. The second-order valence-corrected chi connectivity index (χ2v) is 8.79. The fourth-order valence-electron chi connectivity index (χ4n) is 4.51. The fraction of sp³-hybridized carbons (Fsp3) is 0.900. The van der Waals surface area contributed by atoms with Crippen molar-refractivity contribution in [2.24, 2.45) is 0 Å². The van der Waals surface area contributed by atoms with Gasteiger partial charge in [-0.1, -0.05) is 0 Å². The Hall–Kier alpha value is -1.22. The lowest BCUT2D eigenvalue weighted by Crippen LogP contribution is -2.59. The topological polar surface area (TPSA) is 65.6 Å². The third-order valence-electron chi connectivity index (χ3n) is 6.84. The number of likely N-dealkylation sites (tertiary alicyclic amines) is 2. The second-order valence-electron chi connectivity index (χ2n) is 8.79. The highest BCUT2D eigenvalue weighted by atomic mass is 16.6. The molecule has 4 fully saturated rings. The van der Waals surface area contributed by atoms with E-state index in [4.69, 9.17) is 9.47 Å². The molecule has 2 spiro atoms. The van der Waals surface area contributed by atoms with Gasteiger partial charge in [0.1, 0.15) is 0 Å². The summed E-state index contributed by atoms with van der Waals surface area (Å²) in [6.07, 6.45) is 4.82. The average molecular weight is 397 g/mol. The molecule has 0 unspecified atom stereocenters. The molecular formula is C20H36N4O4. The van der Waals surface area contributed by atoms with E-state index >= 15 is 0 Å². The van der Waals surface area contributed by atoms with E-state index in [-0.39, 0.29) is 23.4 Å². The van der Waals surface area contributed by atoms with Crippen molar-refractivity contribution in [1.29, 1.82) is 0 Å². The highest BCUT2D eigenvalue weighted by Crippen LogP contribution is 2.33. The summed E-state index contributed by atoms with van der Waals surface area (Å²) in [5.41, 5.74) is -0.580. The molecule has 4 heterocycles. The Morgan fingerprint density at radius 1 is 0.607 bits per heavy atom. The Morgan fingerprint density at radius 3 is 1.25 bits per heavy atom. The Balaban J connectivity index is 0.000000161. The Kier molecular flexibility index (Phi) is 6.64. The normalized spacial score (nSPS) is 29.1. The summed E-state index contributed by atoms with van der Waals surface area (Å²) in [4.78, 5) is 31.6. The number of nitrogens with zero attached hydrogens (tertiary/aromatic N) is 4. The molecule has 0 amide bonds. The maximum absolute atomic E-state index is 11.3. The van der Waals surface area contributed by atoms with Crippen molar-refractivity contribution in [3.05, 3.63) is 0 Å². The molecule has 4 rings (SSSR count). The number of carbonyl (C=O) groups excluding carboxylic acids is 2. The van der Waals surface area contributed by atoms with Crippen molar-refractivity contribution >= 4 is 11.9 Å². The number of esters is 2. The van der Waals surface area contributed by atoms with Crippen LogP contribution in [0.15, 0.2) is 0 Å². The number of rotatable bonds is 0. The minimum atomic E-state index is -0.290. The maximum atomic E-state index is 11.3. The summed E-state index contributed by atoms with van der Waals surface area (Å²) in [6.45, 7) is 5.72. The molecule has 4 aliphatic rings. The summed E-state index contributed by atoms with van der Waals surface area (Å²) in [5.74, 6) is -0.0692. The standard InChI is InChI=1S/2C10H18N2O2/c2*1-11-7-4-10(5-8-11)12(2)6-3-9(13)14-10/h2*3-8H2,1-2H3. The van der Waals surface area contributed by atoms with Crippen LogP contribution in [0.1, 0.15) is 38.5 Å². The summed E-state index contributed by atoms with van der Waals surface area (Å²) < 4.78 is 11.1. The van der Waals surface area contributed by atoms with E-state index in [0.29, 0.717) is 12.8 Å². The molecule has 28 heavy (non-hydrogen) atoms. The molecule has 0 N–H and O–H groups in total. The monoisotopic (exact) mass is 396 g/mol. The molecule has 0 bridgehead atoms. The quantitative estimate of drug-likeness (QED) is 0.551. The van der Waals surface area contributed by atoms with Gasteiger partial charge in [0.15, 0.2) is 11.4 Å². The average Bonchev–Trinajstić information content (AvgIpc) is 2.67. The maximum Gasteiger partial charge on any atom is 0.308 e. The molecule has 0 aromatic rings. The molecule has 4 aliphatic heterocycles. The van der Waals surface area contributed by atoms with Gasteiger partial charge in [0, 0.05) is 65.0 Å². The molecule has 8 heteroatoms. The summed E-state index contributed by atoms with van der Waals surface area (Å²) in [5, 5.41) is 0. The Bertz CT molecular complexity index is 519. The summed E-state index contributed by atoms with van der Waals surface area (Å²) in [7, 11) is 8.32. The van der Waals surface area contributed by atoms with Crippen molar-refractivity contribution in [2.75, 3.05) is 67.5 Å². The molecule has 0 aliphatic carbocycles. The third kappa shape index (κ3) is 4.67. The molecule has 0 atom stereocenters. The molecule has 0 radical (unpaired) electrons. The van der Waals surface area contributed by atoms with Gasteiger partial charge >= 0.3 is 11.9 Å². The van der Waals surface area contributed by atoms with E-state index in [9.17, 15) is 9.59 Å². The van der Waals surface area contributed by atoms with Crippen LogP contribution in [0.3, 0.4) is 0 Å². The SMILES string of the molecule is CN1CCC2(CC1)OC(=O)CCN2C.CN1CCC2(CC1)OC(=O)CCN2C. The van der Waals surface area contributed by atoms with E-state index in [1.54, 1.807) is 0 Å². The molecule has 0 aromatic carbocycles. The predicted octanol–water partition coefficient (Wildman–Crippen LogP) is 0.574. The highest BCUT2D eigenvalue weighted by Gasteiger charge is 2.44. The van der Waals surface area contributed by atoms with Gasteiger partial charge in [-0.15, -0.1) is 0 Å². The van der Waals surface area contributed by atoms with Crippen molar-refractivity contribution in [3.8, 4) is 0 Å². The lowest BCUT2D eigenvalue weighted by Gasteiger charge is -2.48. The van der Waals surface area contributed by atoms with Crippen LogP contribution in [-0.4, -0.2) is 110 Å². The predicted molar refractivity (Wildman–Crippen MR) is 106 cm³/mol. The zero-order valence-corrected chi connectivity index (χ0v) is 17.9. The van der Waals surface area contributed by atoms with Crippen LogP contribution in [0.2, 0.25) is 0 Å². The number of piperidine rings is 2. The van der Waals surface area contributed by atoms with Crippen LogP contribution in [-0.2, 0) is 19.1 Å². The fourth-order valence-corrected chi connectivity index (χ4v) is 4.51. The van der Waals surface area contributed by atoms with E-state index < -0.39 is 0 Å². The number of ether oxygens (including phenoxy) is 2. The van der Waals surface area contributed by atoms with E-state index in [2.05, 4.69) is 47.8 Å². The first-order chi connectivity index (χ1) is 13.2. The first-order valence-electron chi connectivity index (χ1n) is 10.5. The number of carbonyl (C=O) groups is 2. The third-order valence-corrected chi connectivity index (χ3v) is 6.84. The van der Waals surface area contributed by atoms with E-state index in [0.717, 1.165) is 65.0 Å². The van der Waals surface area contributed by atoms with Gasteiger partial charge in [-0.05, 0) is 28.2 Å². The minimum absolute atomic E-state index is 0.0346. The highest BCUT2D eigenvalue weighted by molar-refractivity contribution is 5.71. The van der Waals surface area contributed by atoms with Gasteiger partial charge in [-0.2, -0.15) is 0 Å². The molecule has 0 saturated carbocycles. The van der Waals surface area contributed by atoms with Gasteiger partial charge in [0.05, 0.1) is 12.8 Å². The Morgan fingerprint density at radius 2 is 0.929 bits per heavy atom. The van der Waals surface area contributed by atoms with E-state index in [1.807, 2.05) is 0 Å². The van der Waals surface area contributed by atoms with Crippen LogP contribution >= 0.6 is 0 Å². The molecule has 0 aromatic heterocycles. The molecular weight excluding hydrogens is 360 g/mol. The summed E-state index contributed by atoms with van der Waals surface area (Å²) in [6, 6.07) is 0. The van der Waals surface area contributed by atoms with Gasteiger partial charge in [0.2, 0.25) is 0 Å². The molecule has 4 saturated heterocycles. The number of hydrogen-bond acceptors (Lipinski definition) is 8. The Labute approximate surface area is 168 Å². The van der Waals surface area contributed by atoms with E-state index in [1.165, 1.54) is 0 Å². The first-order valence-corrected chi connectivity index (χ1v) is 10.5. The molecule has 160 valence electrons. The van der Waals surface area contributed by atoms with Crippen molar-refractivity contribution in [1.82, 2.24) is 19.6 Å². The van der Waals surface area contributed by atoms with Gasteiger partial charge < -0.3 is 19.3 Å². The molecule has 8 nitrogen and oxygen atoms in total. The van der Waals surface area contributed by atoms with Gasteiger partial charge in [-0.3, -0.25) is 19.4 Å². The lowest BCUT2D eigenvalue weighted by molar-refractivity contribution is -0.208. The minimum Gasteiger partial charge on any atom is -0.444 e. The van der Waals surface area contributed by atoms with Gasteiger partial charge in [0.25, 0.3) is 0 Å². The zero-order chi connectivity index (χ0) is 20.4. The smallest absolute Gasteiger partial charge is 0.308 e. The van der Waals surface area contributed by atoms with Crippen molar-refractivity contribution in [2.45, 2.75) is 50.0 Å². The second kappa shape index (κ2) is 8.65. The zero-order valence-electron chi connectivity index (χ0n) is 17.9. The van der Waals surface area contributed by atoms with Crippen LogP contribution in [0.25, 0.3) is 0 Å². The summed E-state index contributed by atoms with van der Waals surface area (Å²) >= 11 is 0. The van der Waals surface area contributed by atoms with Crippen LogP contribution in [0, 0.1) is 0 Å². The van der Waals surface area contributed by atoms with Crippen LogP contribution < -0.4 is 0 Å². The van der Waals surface area contributed by atoms with Crippen molar-refractivity contribution < 1.29 is 19.1 Å². The van der Waals surface area contributed by atoms with Gasteiger partial charge in [-0.25, -0.2) is 0 Å². The van der Waals surface area contributed by atoms with Crippen LogP contribution in [0.5, 0.6) is 0 Å². The first kappa shape index (κ1) is 21.5. The lowest BCUT2D eigenvalue weighted by atomic mass is 9.97. The van der Waals surface area contributed by atoms with Crippen molar-refractivity contribution in [3.63, 3.8) is 0 Å². The van der Waals surface area contributed by atoms with Crippen LogP contribution in [0.4, 0.5) is 0 Å². The largest absolute Gasteiger partial charge is 0.444 e.